The lowest BCUT2D eigenvalue weighted by Crippen LogP contribution is -1.96. The van der Waals surface area contributed by atoms with Crippen molar-refractivity contribution in [3.05, 3.63) is 206 Å². The molecule has 0 radical (unpaired) electrons. The number of hydrogen-bond donors (Lipinski definition) is 0. The fraction of sp³-hybridized carbons (Fsp3) is 0. The summed E-state index contributed by atoms with van der Waals surface area (Å²) in [6.45, 7) is 0. The van der Waals surface area contributed by atoms with Crippen LogP contribution in [0.2, 0.25) is 0 Å². The van der Waals surface area contributed by atoms with Gasteiger partial charge in [0.2, 0.25) is 0 Å². The second-order valence-corrected chi connectivity index (χ2v) is 14.9. The molecule has 9 aromatic carbocycles. The van der Waals surface area contributed by atoms with Crippen molar-refractivity contribution in [1.82, 2.24) is 9.13 Å². The summed E-state index contributed by atoms with van der Waals surface area (Å²) < 4.78 is 11.0. The third kappa shape index (κ3) is 4.99. The summed E-state index contributed by atoms with van der Waals surface area (Å²) >= 11 is 0. The van der Waals surface area contributed by atoms with Gasteiger partial charge < -0.3 is 13.6 Å². The first-order valence-electron chi connectivity index (χ1n) is 19.5. The highest BCUT2D eigenvalue weighted by atomic mass is 16.3. The van der Waals surface area contributed by atoms with Crippen molar-refractivity contribution < 1.29 is 4.42 Å². The van der Waals surface area contributed by atoms with Crippen LogP contribution in [0.15, 0.2) is 211 Å². The molecule has 0 aliphatic rings. The van der Waals surface area contributed by atoms with E-state index in [0.29, 0.717) is 0 Å². The molecule has 266 valence electrons. The van der Waals surface area contributed by atoms with E-state index in [4.69, 9.17) is 4.42 Å². The smallest absolute Gasteiger partial charge is 0.135 e. The number of aromatic nitrogens is 2. The van der Waals surface area contributed by atoms with Gasteiger partial charge in [0.15, 0.2) is 0 Å². The van der Waals surface area contributed by atoms with Gasteiger partial charge in [-0.15, -0.1) is 0 Å². The molecule has 3 aromatic heterocycles. The molecule has 0 amide bonds. The van der Waals surface area contributed by atoms with Crippen LogP contribution in [0, 0.1) is 0 Å². The minimum atomic E-state index is 0.902. The average molecular weight is 727 g/mol. The molecule has 0 spiro atoms. The van der Waals surface area contributed by atoms with Gasteiger partial charge in [-0.25, -0.2) is 0 Å². The van der Waals surface area contributed by atoms with Gasteiger partial charge in [-0.3, -0.25) is 0 Å². The lowest BCUT2D eigenvalue weighted by molar-refractivity contribution is 0.669. The quantitative estimate of drug-likeness (QED) is 0.173. The highest BCUT2D eigenvalue weighted by Crippen LogP contribution is 2.40. The second kappa shape index (κ2) is 12.5. The van der Waals surface area contributed by atoms with Crippen LogP contribution in [0.4, 0.5) is 0 Å². The normalized spacial score (nSPS) is 11.9. The molecule has 0 aliphatic carbocycles. The first-order chi connectivity index (χ1) is 28.2. The Kier molecular flexibility index (Phi) is 6.93. The van der Waals surface area contributed by atoms with E-state index >= 15 is 0 Å². The fourth-order valence-electron chi connectivity index (χ4n) is 9.05. The molecular formula is C54H34N2O. The highest BCUT2D eigenvalue weighted by molar-refractivity contribution is 6.13. The van der Waals surface area contributed by atoms with E-state index in [1.54, 1.807) is 0 Å². The third-order valence-corrected chi connectivity index (χ3v) is 11.7. The van der Waals surface area contributed by atoms with E-state index in [2.05, 4.69) is 203 Å². The zero-order valence-electron chi connectivity index (χ0n) is 30.9. The average Bonchev–Trinajstić information content (AvgIpc) is 3.94. The first kappa shape index (κ1) is 31.7. The number of hydrogen-bond acceptors (Lipinski definition) is 1. The molecule has 3 heterocycles. The SMILES string of the molecule is c1ccc(-c2cc(-c3ccccc3)cc(-n3c4ccccc4c4ccc(-c5ccc6c(c5)c5ccccc5n6-c5ccc6oc7ccccc7c6c5)cc43)c2)cc1. The summed E-state index contributed by atoms with van der Waals surface area (Å²) in [5.41, 5.74) is 15.9. The highest BCUT2D eigenvalue weighted by Gasteiger charge is 2.18. The third-order valence-electron chi connectivity index (χ3n) is 11.7. The molecule has 3 nitrogen and oxygen atoms in total. The van der Waals surface area contributed by atoms with Crippen molar-refractivity contribution in [2.75, 3.05) is 0 Å². The van der Waals surface area contributed by atoms with Crippen LogP contribution in [-0.2, 0) is 0 Å². The number of rotatable bonds is 5. The molecule has 12 rings (SSSR count). The molecule has 12 aromatic rings. The monoisotopic (exact) mass is 726 g/mol. The van der Waals surface area contributed by atoms with E-state index in [1.807, 2.05) is 12.1 Å². The van der Waals surface area contributed by atoms with Crippen LogP contribution in [0.1, 0.15) is 0 Å². The molecule has 0 N–H and O–H groups in total. The maximum atomic E-state index is 6.19. The molecule has 0 bridgehead atoms. The van der Waals surface area contributed by atoms with Crippen molar-refractivity contribution in [2.24, 2.45) is 0 Å². The van der Waals surface area contributed by atoms with Crippen molar-refractivity contribution in [2.45, 2.75) is 0 Å². The summed E-state index contributed by atoms with van der Waals surface area (Å²) in [7, 11) is 0. The Balaban J connectivity index is 1.05. The van der Waals surface area contributed by atoms with Gasteiger partial charge in [0, 0.05) is 43.7 Å². The van der Waals surface area contributed by atoms with Gasteiger partial charge in [0.25, 0.3) is 0 Å². The van der Waals surface area contributed by atoms with Crippen molar-refractivity contribution in [1.29, 1.82) is 0 Å². The molecule has 0 fully saturated rings. The van der Waals surface area contributed by atoms with E-state index in [0.717, 1.165) is 33.3 Å². The molecule has 57 heavy (non-hydrogen) atoms. The van der Waals surface area contributed by atoms with Gasteiger partial charge in [0.05, 0.1) is 22.1 Å². The number of nitrogens with zero attached hydrogens (tertiary/aromatic N) is 2. The Morgan fingerprint density at radius 2 is 0.772 bits per heavy atom. The molecule has 0 aliphatic heterocycles. The standard InChI is InChI=1S/C54H34N2O/c1-3-13-35(14-4-1)39-29-40(36-15-5-2-6-16-36)31-42(30-39)56-49-20-10-7-17-43(49)45-26-23-38(33-52(45)56)37-24-27-51-47(32-37)44-18-8-11-21-50(44)55(51)41-25-28-54-48(34-41)46-19-9-12-22-53(46)57-54/h1-34H. The Hall–Kier alpha value is -7.62. The van der Waals surface area contributed by atoms with E-state index in [9.17, 15) is 0 Å². The summed E-state index contributed by atoms with van der Waals surface area (Å²) in [6, 6.07) is 74.7. The molecule has 0 saturated carbocycles. The fourth-order valence-corrected chi connectivity index (χ4v) is 9.05. The number of fused-ring (bicyclic) bond motifs is 9. The van der Waals surface area contributed by atoms with E-state index in [-0.39, 0.29) is 0 Å². The van der Waals surface area contributed by atoms with Gasteiger partial charge in [-0.1, -0.05) is 133 Å². The van der Waals surface area contributed by atoms with Crippen LogP contribution < -0.4 is 0 Å². The largest absolute Gasteiger partial charge is 0.456 e. The Bertz CT molecular complexity index is 3450. The number of furan rings is 1. The maximum absolute atomic E-state index is 6.19. The minimum absolute atomic E-state index is 0.902. The van der Waals surface area contributed by atoms with Crippen LogP contribution in [0.3, 0.4) is 0 Å². The molecule has 0 saturated heterocycles. The predicted octanol–water partition coefficient (Wildman–Crippen LogP) is 14.8. The van der Waals surface area contributed by atoms with E-state index in [1.165, 1.54) is 77.0 Å². The Morgan fingerprint density at radius 3 is 1.49 bits per heavy atom. The Morgan fingerprint density at radius 1 is 0.246 bits per heavy atom. The number of benzene rings is 9. The minimum Gasteiger partial charge on any atom is -0.456 e. The van der Waals surface area contributed by atoms with Crippen LogP contribution in [0.25, 0.3) is 110 Å². The van der Waals surface area contributed by atoms with Crippen molar-refractivity contribution in [3.63, 3.8) is 0 Å². The summed E-state index contributed by atoms with van der Waals surface area (Å²) in [5, 5.41) is 7.19. The van der Waals surface area contributed by atoms with Crippen molar-refractivity contribution >= 4 is 65.6 Å². The molecule has 3 heteroatoms. The zero-order valence-corrected chi connectivity index (χ0v) is 30.9. The van der Waals surface area contributed by atoms with E-state index < -0.39 is 0 Å². The summed E-state index contributed by atoms with van der Waals surface area (Å²) in [6.07, 6.45) is 0. The molecule has 0 unspecified atom stereocenters. The predicted molar refractivity (Wildman–Crippen MR) is 239 cm³/mol. The lowest BCUT2D eigenvalue weighted by atomic mass is 9.98. The lowest BCUT2D eigenvalue weighted by Gasteiger charge is -2.14. The second-order valence-electron chi connectivity index (χ2n) is 14.9. The zero-order chi connectivity index (χ0) is 37.5. The van der Waals surface area contributed by atoms with Gasteiger partial charge in [-0.2, -0.15) is 0 Å². The van der Waals surface area contributed by atoms with Crippen LogP contribution >= 0.6 is 0 Å². The van der Waals surface area contributed by atoms with Crippen LogP contribution in [-0.4, -0.2) is 9.13 Å². The maximum Gasteiger partial charge on any atom is 0.135 e. The van der Waals surface area contributed by atoms with Crippen molar-refractivity contribution in [3.8, 4) is 44.8 Å². The molecular weight excluding hydrogens is 693 g/mol. The molecule has 0 atom stereocenters. The van der Waals surface area contributed by atoms with Crippen LogP contribution in [0.5, 0.6) is 0 Å². The Labute approximate surface area is 328 Å². The topological polar surface area (TPSA) is 23.0 Å². The number of para-hydroxylation sites is 3. The van der Waals surface area contributed by atoms with Gasteiger partial charge in [0.1, 0.15) is 11.2 Å². The first-order valence-corrected chi connectivity index (χ1v) is 19.5. The summed E-state index contributed by atoms with van der Waals surface area (Å²) in [5.74, 6) is 0. The van der Waals surface area contributed by atoms with Gasteiger partial charge in [-0.05, 0) is 106 Å². The summed E-state index contributed by atoms with van der Waals surface area (Å²) in [4.78, 5) is 0. The van der Waals surface area contributed by atoms with Gasteiger partial charge >= 0.3 is 0 Å².